The van der Waals surface area contributed by atoms with Crippen molar-refractivity contribution in [2.45, 2.75) is 48.5 Å². The van der Waals surface area contributed by atoms with E-state index in [-0.39, 0.29) is 33.8 Å². The van der Waals surface area contributed by atoms with Crippen molar-refractivity contribution in [2.75, 3.05) is 13.2 Å². The smallest absolute Gasteiger partial charge is 0.308 e. The third kappa shape index (κ3) is 5.68. The summed E-state index contributed by atoms with van der Waals surface area (Å²) < 4.78 is 17.5. The molecule has 0 aliphatic carbocycles. The van der Waals surface area contributed by atoms with Gasteiger partial charge >= 0.3 is 5.97 Å². The number of fused-ring (bicyclic) bond motifs is 1. The number of carbonyl (C=O) groups is 1. The number of halogens is 1. The number of benzene rings is 2. The largest absolute Gasteiger partial charge is 0.504 e. The zero-order valence-electron chi connectivity index (χ0n) is 17.6. The Hall–Kier alpha value is -2.14. The van der Waals surface area contributed by atoms with Gasteiger partial charge in [-0.25, -0.2) is 0 Å². The minimum atomic E-state index is -0.505. The molecule has 0 fully saturated rings. The van der Waals surface area contributed by atoms with Gasteiger partial charge in [0.25, 0.3) is 0 Å². The fourth-order valence-corrected chi connectivity index (χ4v) is 2.63. The lowest BCUT2D eigenvalue weighted by Gasteiger charge is -2.25. The van der Waals surface area contributed by atoms with Crippen molar-refractivity contribution in [3.8, 4) is 23.0 Å². The van der Waals surface area contributed by atoms with Gasteiger partial charge in [0.2, 0.25) is 11.5 Å². The minimum Gasteiger partial charge on any atom is -0.504 e. The zero-order chi connectivity index (χ0) is 21.3. The maximum atomic E-state index is 11.8. The lowest BCUT2D eigenvalue weighted by atomic mass is 9.98. The Morgan fingerprint density at radius 1 is 0.929 bits per heavy atom. The third-order valence-corrected chi connectivity index (χ3v) is 3.89. The molecule has 0 heterocycles. The number of phenols is 1. The van der Waals surface area contributed by atoms with Crippen molar-refractivity contribution in [1.29, 1.82) is 0 Å². The van der Waals surface area contributed by atoms with Crippen LogP contribution in [-0.2, 0) is 4.79 Å². The second-order valence-electron chi connectivity index (χ2n) is 9.32. The first-order chi connectivity index (χ1) is 12.8. The van der Waals surface area contributed by atoms with Crippen molar-refractivity contribution >= 4 is 28.3 Å². The standard InChI is InChI=1S/C22H29ClO5/c1-13(24)28-18-16-10-14(23)8-9-15(16)17(25)19(26-11-21(2,3)4)20(18)27-12-22(5,6)7/h8-10,25H,11-12H2,1-7H3. The summed E-state index contributed by atoms with van der Waals surface area (Å²) in [5.74, 6) is -0.0343. The molecule has 2 aromatic rings. The van der Waals surface area contributed by atoms with Gasteiger partial charge in [0.05, 0.1) is 13.2 Å². The van der Waals surface area contributed by atoms with Gasteiger partial charge in [0.15, 0.2) is 11.5 Å². The molecule has 0 saturated carbocycles. The molecule has 0 amide bonds. The number of hydrogen-bond donors (Lipinski definition) is 1. The average Bonchev–Trinajstić information content (AvgIpc) is 2.52. The first-order valence-corrected chi connectivity index (χ1v) is 9.58. The van der Waals surface area contributed by atoms with Crippen molar-refractivity contribution in [2.24, 2.45) is 10.8 Å². The second-order valence-corrected chi connectivity index (χ2v) is 9.75. The molecular formula is C22H29ClO5. The highest BCUT2D eigenvalue weighted by atomic mass is 35.5. The van der Waals surface area contributed by atoms with E-state index in [9.17, 15) is 9.90 Å². The molecule has 2 rings (SSSR count). The van der Waals surface area contributed by atoms with E-state index in [1.54, 1.807) is 18.2 Å². The SMILES string of the molecule is CC(=O)Oc1c(OCC(C)(C)C)c(OCC(C)(C)C)c(O)c2ccc(Cl)cc12. The number of hydrogen-bond acceptors (Lipinski definition) is 5. The van der Waals surface area contributed by atoms with Crippen LogP contribution in [0.5, 0.6) is 23.0 Å². The fourth-order valence-electron chi connectivity index (χ4n) is 2.45. The van der Waals surface area contributed by atoms with Gasteiger partial charge in [-0.2, -0.15) is 0 Å². The maximum absolute atomic E-state index is 11.8. The fraction of sp³-hybridized carbons (Fsp3) is 0.500. The number of ether oxygens (including phenoxy) is 3. The van der Waals surface area contributed by atoms with Crippen molar-refractivity contribution in [3.63, 3.8) is 0 Å². The Morgan fingerprint density at radius 2 is 1.46 bits per heavy atom. The van der Waals surface area contributed by atoms with E-state index in [4.69, 9.17) is 25.8 Å². The van der Waals surface area contributed by atoms with Crippen LogP contribution in [0.1, 0.15) is 48.5 Å². The van der Waals surface area contributed by atoms with Crippen LogP contribution < -0.4 is 14.2 Å². The molecule has 5 nitrogen and oxygen atoms in total. The summed E-state index contributed by atoms with van der Waals surface area (Å²) in [6, 6.07) is 4.95. The summed E-state index contributed by atoms with van der Waals surface area (Å²) in [4.78, 5) is 11.8. The third-order valence-electron chi connectivity index (χ3n) is 3.65. The molecule has 0 bridgehead atoms. The lowest BCUT2D eigenvalue weighted by molar-refractivity contribution is -0.131. The van der Waals surface area contributed by atoms with Gasteiger partial charge in [-0.15, -0.1) is 0 Å². The first kappa shape index (κ1) is 22.2. The van der Waals surface area contributed by atoms with E-state index in [2.05, 4.69) is 0 Å². The van der Waals surface area contributed by atoms with Crippen molar-refractivity contribution in [3.05, 3.63) is 23.2 Å². The minimum absolute atomic E-state index is 0.0734. The summed E-state index contributed by atoms with van der Waals surface area (Å²) >= 11 is 6.15. The van der Waals surface area contributed by atoms with E-state index < -0.39 is 5.97 Å². The van der Waals surface area contributed by atoms with Gasteiger partial charge in [-0.05, 0) is 29.0 Å². The number of esters is 1. The van der Waals surface area contributed by atoms with Crippen LogP contribution in [0.4, 0.5) is 0 Å². The maximum Gasteiger partial charge on any atom is 0.308 e. The Kier molecular flexibility index (Phi) is 6.39. The van der Waals surface area contributed by atoms with Crippen LogP contribution in [0.2, 0.25) is 5.02 Å². The molecule has 0 aliphatic heterocycles. The molecule has 0 radical (unpaired) electrons. The van der Waals surface area contributed by atoms with Crippen molar-refractivity contribution in [1.82, 2.24) is 0 Å². The molecule has 0 aromatic heterocycles. The van der Waals surface area contributed by atoms with Crippen LogP contribution in [0.3, 0.4) is 0 Å². The van der Waals surface area contributed by atoms with Crippen LogP contribution >= 0.6 is 11.6 Å². The molecular weight excluding hydrogens is 380 g/mol. The molecule has 0 aliphatic rings. The van der Waals surface area contributed by atoms with Crippen LogP contribution in [0.25, 0.3) is 10.8 Å². The lowest BCUT2D eigenvalue weighted by Crippen LogP contribution is -2.20. The highest BCUT2D eigenvalue weighted by Crippen LogP contribution is 2.52. The van der Waals surface area contributed by atoms with E-state index in [1.807, 2.05) is 41.5 Å². The molecule has 0 unspecified atom stereocenters. The topological polar surface area (TPSA) is 65.0 Å². The summed E-state index contributed by atoms with van der Waals surface area (Å²) in [5, 5.41) is 12.3. The monoisotopic (exact) mass is 408 g/mol. The van der Waals surface area contributed by atoms with E-state index in [0.717, 1.165) is 0 Å². The molecule has 28 heavy (non-hydrogen) atoms. The Balaban J connectivity index is 2.75. The van der Waals surface area contributed by atoms with Gasteiger partial charge < -0.3 is 19.3 Å². The van der Waals surface area contributed by atoms with Gasteiger partial charge in [-0.3, -0.25) is 4.79 Å². The average molecular weight is 409 g/mol. The van der Waals surface area contributed by atoms with E-state index in [0.29, 0.717) is 29.0 Å². The summed E-state index contributed by atoms with van der Waals surface area (Å²) in [7, 11) is 0. The summed E-state index contributed by atoms with van der Waals surface area (Å²) in [5.41, 5.74) is -0.308. The summed E-state index contributed by atoms with van der Waals surface area (Å²) in [6.45, 7) is 14.1. The van der Waals surface area contributed by atoms with Gasteiger partial charge in [0, 0.05) is 22.7 Å². The molecule has 0 spiro atoms. The quantitative estimate of drug-likeness (QED) is 0.487. The molecule has 1 N–H and O–H groups in total. The first-order valence-electron chi connectivity index (χ1n) is 9.21. The number of carbonyl (C=O) groups excluding carboxylic acids is 1. The number of rotatable bonds is 5. The van der Waals surface area contributed by atoms with E-state index in [1.165, 1.54) is 6.92 Å². The van der Waals surface area contributed by atoms with E-state index >= 15 is 0 Å². The van der Waals surface area contributed by atoms with Gasteiger partial charge in [-0.1, -0.05) is 53.1 Å². The van der Waals surface area contributed by atoms with Crippen molar-refractivity contribution < 1.29 is 24.1 Å². The highest BCUT2D eigenvalue weighted by Gasteiger charge is 2.27. The molecule has 154 valence electrons. The second kappa shape index (κ2) is 8.08. The number of phenolic OH excluding ortho intramolecular Hbond substituents is 1. The van der Waals surface area contributed by atoms with Crippen LogP contribution in [-0.4, -0.2) is 24.3 Å². The molecule has 2 aromatic carbocycles. The normalized spacial score (nSPS) is 12.1. The molecule has 0 atom stereocenters. The predicted molar refractivity (Wildman–Crippen MR) is 112 cm³/mol. The molecule has 6 heteroatoms. The predicted octanol–water partition coefficient (Wildman–Crippen LogP) is 5.97. The van der Waals surface area contributed by atoms with Crippen LogP contribution in [0.15, 0.2) is 18.2 Å². The molecule has 0 saturated heterocycles. The number of aromatic hydroxyl groups is 1. The Morgan fingerprint density at radius 3 is 1.96 bits per heavy atom. The zero-order valence-corrected chi connectivity index (χ0v) is 18.4. The summed E-state index contributed by atoms with van der Waals surface area (Å²) in [6.07, 6.45) is 0. The highest BCUT2D eigenvalue weighted by molar-refractivity contribution is 6.31. The Bertz CT molecular complexity index is 875. The van der Waals surface area contributed by atoms with Crippen LogP contribution in [0, 0.1) is 10.8 Å². The van der Waals surface area contributed by atoms with Gasteiger partial charge in [0.1, 0.15) is 0 Å². The Labute approximate surface area is 171 Å².